The second-order valence-electron chi connectivity index (χ2n) is 8.37. The van der Waals surface area contributed by atoms with Gasteiger partial charge in [-0.25, -0.2) is 4.98 Å². The summed E-state index contributed by atoms with van der Waals surface area (Å²) in [6.07, 6.45) is 5.46. The van der Waals surface area contributed by atoms with E-state index in [9.17, 15) is 5.11 Å². The molecule has 173 valence electrons. The van der Waals surface area contributed by atoms with Crippen molar-refractivity contribution < 1.29 is 9.84 Å². The Morgan fingerprint density at radius 1 is 1.12 bits per heavy atom. The average molecular weight is 475 g/mol. The van der Waals surface area contributed by atoms with Crippen molar-refractivity contribution in [1.29, 1.82) is 0 Å². The van der Waals surface area contributed by atoms with Crippen LogP contribution in [0.1, 0.15) is 12.8 Å². The molecule has 4 aromatic rings. The number of pyridine rings is 2. The second-order valence-corrected chi connectivity index (χ2v) is 8.78. The number of piperidine rings is 1. The Hall–Kier alpha value is -3.55. The summed E-state index contributed by atoms with van der Waals surface area (Å²) in [5.74, 6) is 1.21. The topological polar surface area (TPSA) is 96.5 Å². The van der Waals surface area contributed by atoms with Gasteiger partial charge >= 0.3 is 0 Å². The van der Waals surface area contributed by atoms with Crippen LogP contribution >= 0.6 is 11.6 Å². The zero-order chi connectivity index (χ0) is 23.7. The zero-order valence-corrected chi connectivity index (χ0v) is 19.5. The molecule has 5 rings (SSSR count). The molecule has 1 saturated heterocycles. The molecule has 0 bridgehead atoms. The van der Waals surface area contributed by atoms with Crippen LogP contribution in [0.2, 0.25) is 5.02 Å². The van der Waals surface area contributed by atoms with Gasteiger partial charge in [-0.15, -0.1) is 0 Å². The van der Waals surface area contributed by atoms with E-state index in [1.54, 1.807) is 18.3 Å². The predicted octanol–water partition coefficient (Wildman–Crippen LogP) is 5.14. The number of nitrogens with zero attached hydrogens (tertiary/aromatic N) is 3. The van der Waals surface area contributed by atoms with E-state index in [-0.39, 0.29) is 16.8 Å². The van der Waals surface area contributed by atoms with Gasteiger partial charge in [0.25, 0.3) is 0 Å². The van der Waals surface area contributed by atoms with Gasteiger partial charge < -0.3 is 25.8 Å². The first-order valence-electron chi connectivity index (χ1n) is 11.1. The van der Waals surface area contributed by atoms with E-state index >= 15 is 0 Å². The highest BCUT2D eigenvalue weighted by Crippen LogP contribution is 2.39. The first-order valence-corrected chi connectivity index (χ1v) is 11.5. The summed E-state index contributed by atoms with van der Waals surface area (Å²) in [6.45, 7) is 1.86. The molecule has 0 spiro atoms. The van der Waals surface area contributed by atoms with Crippen LogP contribution in [0.15, 0.2) is 54.9 Å². The molecule has 0 atom stereocenters. The van der Waals surface area contributed by atoms with Crippen molar-refractivity contribution in [3.8, 4) is 22.6 Å². The van der Waals surface area contributed by atoms with Gasteiger partial charge in [-0.05, 0) is 60.4 Å². The van der Waals surface area contributed by atoms with E-state index < -0.39 is 0 Å². The van der Waals surface area contributed by atoms with Crippen molar-refractivity contribution in [3.05, 3.63) is 65.9 Å². The highest BCUT2D eigenvalue weighted by Gasteiger charge is 2.17. The number of anilines is 3. The van der Waals surface area contributed by atoms with Crippen LogP contribution in [-0.4, -0.2) is 41.3 Å². The Labute approximate surface area is 203 Å². The lowest BCUT2D eigenvalue weighted by molar-refractivity contribution is 0.374. The Bertz CT molecular complexity index is 1320. The summed E-state index contributed by atoms with van der Waals surface area (Å²) < 4.78 is 5.25. The quantitative estimate of drug-likeness (QED) is 0.368. The molecule has 8 heteroatoms. The van der Waals surface area contributed by atoms with Gasteiger partial charge in [0, 0.05) is 36.8 Å². The van der Waals surface area contributed by atoms with Crippen molar-refractivity contribution in [3.63, 3.8) is 0 Å². The maximum absolute atomic E-state index is 10.1. The third-order valence-corrected chi connectivity index (χ3v) is 6.43. The molecule has 2 aromatic carbocycles. The molecule has 0 aliphatic carbocycles. The molecule has 34 heavy (non-hydrogen) atoms. The van der Waals surface area contributed by atoms with E-state index in [2.05, 4.69) is 26.3 Å². The molecule has 0 unspecified atom stereocenters. The van der Waals surface area contributed by atoms with Gasteiger partial charge in [-0.1, -0.05) is 17.7 Å². The zero-order valence-electron chi connectivity index (χ0n) is 18.8. The molecule has 1 fully saturated rings. The summed E-state index contributed by atoms with van der Waals surface area (Å²) >= 11 is 6.20. The van der Waals surface area contributed by atoms with Crippen LogP contribution in [0.25, 0.3) is 22.0 Å². The number of phenols is 1. The number of ether oxygens (including phenoxy) is 1. The number of nitrogens with one attached hydrogen (secondary N) is 1. The lowest BCUT2D eigenvalue weighted by Gasteiger charge is -2.31. The summed E-state index contributed by atoms with van der Waals surface area (Å²) in [5, 5.41) is 14.6. The number of methoxy groups -OCH3 is 1. The molecule has 0 saturated carbocycles. The number of nitrogens with two attached hydrogens (primary N) is 1. The minimum atomic E-state index is -0.0746. The monoisotopic (exact) mass is 474 g/mol. The first kappa shape index (κ1) is 22.3. The predicted molar refractivity (Wildman–Crippen MR) is 136 cm³/mol. The van der Waals surface area contributed by atoms with Crippen molar-refractivity contribution >= 4 is 39.7 Å². The third kappa shape index (κ3) is 4.44. The maximum Gasteiger partial charge on any atom is 0.176 e. The minimum Gasteiger partial charge on any atom is -0.503 e. The standard InChI is InChI=1S/C26H25ClN5O2/c1-34-24-14-17(13-21(27)26(24)33)16-2-4-22-20(12-16)23(6-9-29-22)31-19-3-5-25(30-15-19)32-10-7-18(28)8-11-32/h2-5,9,12-15,18,33H,7-8,10-11,28H2,1H3,(H,29,31). The van der Waals surface area contributed by atoms with Crippen LogP contribution in [0.3, 0.4) is 0 Å². The fourth-order valence-electron chi connectivity index (χ4n) is 4.19. The van der Waals surface area contributed by atoms with Gasteiger partial charge in [-0.2, -0.15) is 0 Å². The van der Waals surface area contributed by atoms with Crippen molar-refractivity contribution in [2.45, 2.75) is 18.9 Å². The van der Waals surface area contributed by atoms with Gasteiger partial charge in [0.15, 0.2) is 11.5 Å². The number of halogens is 1. The van der Waals surface area contributed by atoms with Gasteiger partial charge in [0.2, 0.25) is 0 Å². The molecule has 1 aliphatic rings. The van der Waals surface area contributed by atoms with Gasteiger partial charge in [0.05, 0.1) is 35.2 Å². The fraction of sp³-hybridized carbons (Fsp3) is 0.231. The van der Waals surface area contributed by atoms with Crippen molar-refractivity contribution in [1.82, 2.24) is 9.97 Å². The number of hydrogen-bond acceptors (Lipinski definition) is 7. The summed E-state index contributed by atoms with van der Waals surface area (Å²) in [6, 6.07) is 16.9. The summed E-state index contributed by atoms with van der Waals surface area (Å²) in [7, 11) is 1.50. The summed E-state index contributed by atoms with van der Waals surface area (Å²) in [5.41, 5.74) is 10.2. The molecular formula is C26H25ClN5O2. The first-order chi connectivity index (χ1) is 16.5. The van der Waals surface area contributed by atoms with Gasteiger partial charge in [-0.3, -0.25) is 4.98 Å². The number of aromatic nitrogens is 2. The number of phenolic OH excluding ortho intramolecular Hbond substituents is 1. The number of fused-ring (bicyclic) bond motifs is 1. The highest BCUT2D eigenvalue weighted by molar-refractivity contribution is 6.32. The smallest absolute Gasteiger partial charge is 0.176 e. The largest absolute Gasteiger partial charge is 0.503 e. The Kier molecular flexibility index (Phi) is 6.13. The summed E-state index contributed by atoms with van der Waals surface area (Å²) in [4.78, 5) is 11.4. The number of benzene rings is 2. The van der Waals surface area contributed by atoms with E-state index in [0.717, 1.165) is 65.2 Å². The Balaban J connectivity index is 1.44. The van der Waals surface area contributed by atoms with Crippen molar-refractivity contribution in [2.24, 2.45) is 5.73 Å². The molecule has 7 nitrogen and oxygen atoms in total. The van der Waals surface area contributed by atoms with E-state index in [4.69, 9.17) is 22.1 Å². The maximum atomic E-state index is 10.1. The number of aromatic hydroxyl groups is 1. The Morgan fingerprint density at radius 3 is 2.68 bits per heavy atom. The molecule has 0 amide bonds. The molecule has 3 heterocycles. The fourth-order valence-corrected chi connectivity index (χ4v) is 4.40. The molecule has 4 N–H and O–H groups in total. The lowest BCUT2D eigenvalue weighted by Crippen LogP contribution is -2.40. The van der Waals surface area contributed by atoms with E-state index in [1.807, 2.05) is 36.5 Å². The molecule has 2 aromatic heterocycles. The third-order valence-electron chi connectivity index (χ3n) is 6.14. The second kappa shape index (κ2) is 9.37. The van der Waals surface area contributed by atoms with Crippen LogP contribution in [-0.2, 0) is 0 Å². The van der Waals surface area contributed by atoms with Crippen LogP contribution in [0.5, 0.6) is 11.5 Å². The van der Waals surface area contributed by atoms with E-state index in [1.165, 1.54) is 7.11 Å². The van der Waals surface area contributed by atoms with Gasteiger partial charge in [0.1, 0.15) is 5.82 Å². The normalized spacial score (nSPS) is 14.4. The number of hydrogen-bond donors (Lipinski definition) is 3. The molecular weight excluding hydrogens is 450 g/mol. The van der Waals surface area contributed by atoms with Crippen LogP contribution < -0.4 is 20.7 Å². The van der Waals surface area contributed by atoms with Crippen LogP contribution in [0, 0.1) is 6.07 Å². The van der Waals surface area contributed by atoms with E-state index in [0.29, 0.717) is 5.75 Å². The molecule has 1 radical (unpaired) electrons. The van der Waals surface area contributed by atoms with Crippen LogP contribution in [0.4, 0.5) is 17.2 Å². The SMILES string of the molecule is COc1cc(-c2ccc3nc[c]c(Nc4ccc(N5CCC(N)CC5)nc4)c3c2)cc(Cl)c1O. The highest BCUT2D eigenvalue weighted by atomic mass is 35.5. The average Bonchev–Trinajstić information content (AvgIpc) is 2.86. The lowest BCUT2D eigenvalue weighted by atomic mass is 10.0. The molecule has 1 aliphatic heterocycles. The Morgan fingerprint density at radius 2 is 1.94 bits per heavy atom. The number of rotatable bonds is 5. The van der Waals surface area contributed by atoms with Crippen molar-refractivity contribution in [2.75, 3.05) is 30.4 Å². The minimum absolute atomic E-state index is 0.0746.